The summed E-state index contributed by atoms with van der Waals surface area (Å²) in [4.78, 5) is 33.0. The number of nitrogens with two attached hydrogens (primary N) is 1. The molecular weight excluding hydrogens is 274 g/mol. The number of amides is 2. The van der Waals surface area contributed by atoms with Crippen LogP contribution in [0.4, 0.5) is 8.78 Å². The molecule has 0 aliphatic rings. The predicted molar refractivity (Wildman–Crippen MR) is 63.4 cm³/mol. The van der Waals surface area contributed by atoms with E-state index < -0.39 is 48.3 Å². The molecule has 8 heteroatoms. The first-order chi connectivity index (χ1) is 9.29. The summed E-state index contributed by atoms with van der Waals surface area (Å²) in [5, 5.41) is 10.8. The molecule has 0 spiro atoms. The van der Waals surface area contributed by atoms with Crippen molar-refractivity contribution in [3.63, 3.8) is 0 Å². The van der Waals surface area contributed by atoms with Crippen LogP contribution in [-0.2, 0) is 20.8 Å². The van der Waals surface area contributed by atoms with Gasteiger partial charge in [-0.1, -0.05) is 6.07 Å². The van der Waals surface area contributed by atoms with Gasteiger partial charge in [-0.3, -0.25) is 9.59 Å². The Kier molecular flexibility index (Phi) is 5.13. The van der Waals surface area contributed by atoms with Crippen molar-refractivity contribution >= 4 is 17.8 Å². The molecule has 6 nitrogen and oxygen atoms in total. The predicted octanol–water partition coefficient (Wildman–Crippen LogP) is -0.0479. The Balaban J connectivity index is 2.70. The molecule has 0 aliphatic carbocycles. The Morgan fingerprint density at radius 3 is 2.45 bits per heavy atom. The number of primary amides is 1. The van der Waals surface area contributed by atoms with Crippen molar-refractivity contribution < 1.29 is 28.3 Å². The molecule has 1 aromatic carbocycles. The lowest BCUT2D eigenvalue weighted by Gasteiger charge is -2.13. The molecule has 2 amide bonds. The number of nitrogens with one attached hydrogen (secondary N) is 1. The third-order valence-corrected chi connectivity index (χ3v) is 2.40. The second-order valence-electron chi connectivity index (χ2n) is 4.04. The van der Waals surface area contributed by atoms with E-state index in [4.69, 9.17) is 10.8 Å². The summed E-state index contributed by atoms with van der Waals surface area (Å²) in [5.41, 5.74) is 4.75. The highest BCUT2D eigenvalue weighted by Gasteiger charge is 2.22. The number of halogens is 2. The smallest absolute Gasteiger partial charge is 0.326 e. The fourth-order valence-corrected chi connectivity index (χ4v) is 1.48. The average Bonchev–Trinajstić information content (AvgIpc) is 2.31. The molecule has 1 aromatic rings. The lowest BCUT2D eigenvalue weighted by molar-refractivity contribution is -0.143. The van der Waals surface area contributed by atoms with Gasteiger partial charge in [-0.25, -0.2) is 13.6 Å². The molecule has 1 atom stereocenters. The lowest BCUT2D eigenvalue weighted by Crippen LogP contribution is -2.44. The average molecular weight is 286 g/mol. The van der Waals surface area contributed by atoms with Crippen molar-refractivity contribution in [1.82, 2.24) is 5.32 Å². The lowest BCUT2D eigenvalue weighted by atomic mass is 10.1. The van der Waals surface area contributed by atoms with Crippen LogP contribution in [0.5, 0.6) is 0 Å². The minimum Gasteiger partial charge on any atom is -0.480 e. The van der Waals surface area contributed by atoms with Crippen molar-refractivity contribution in [3.05, 3.63) is 35.4 Å². The maximum atomic E-state index is 13.3. The standard InChI is InChI=1S/C12H12F2N2O4/c13-7-2-1-6(8(14)4-7)3-11(18)16-9(12(19)20)5-10(15)17/h1-2,4,9H,3,5H2,(H2,15,17)(H,16,18)(H,19,20). The van der Waals surface area contributed by atoms with E-state index in [0.29, 0.717) is 6.07 Å². The number of hydrogen-bond donors (Lipinski definition) is 3. The van der Waals surface area contributed by atoms with E-state index in [-0.39, 0.29) is 5.56 Å². The van der Waals surface area contributed by atoms with Crippen molar-refractivity contribution in [2.75, 3.05) is 0 Å². The van der Waals surface area contributed by atoms with E-state index in [1.807, 2.05) is 5.32 Å². The van der Waals surface area contributed by atoms with Gasteiger partial charge in [0.2, 0.25) is 11.8 Å². The Morgan fingerprint density at radius 1 is 1.30 bits per heavy atom. The maximum absolute atomic E-state index is 13.3. The van der Waals surface area contributed by atoms with Crippen LogP contribution < -0.4 is 11.1 Å². The van der Waals surface area contributed by atoms with Crippen LogP contribution in [0, 0.1) is 11.6 Å². The third-order valence-electron chi connectivity index (χ3n) is 2.40. The van der Waals surface area contributed by atoms with Crippen LogP contribution in [0.2, 0.25) is 0 Å². The molecule has 108 valence electrons. The minimum atomic E-state index is -1.48. The zero-order valence-corrected chi connectivity index (χ0v) is 10.2. The monoisotopic (exact) mass is 286 g/mol. The highest BCUT2D eigenvalue weighted by molar-refractivity contribution is 5.88. The number of carbonyl (C=O) groups excluding carboxylic acids is 2. The number of carboxylic acids is 1. The van der Waals surface area contributed by atoms with E-state index in [1.54, 1.807) is 0 Å². The van der Waals surface area contributed by atoms with Crippen LogP contribution >= 0.6 is 0 Å². The molecule has 0 aliphatic heterocycles. The van der Waals surface area contributed by atoms with E-state index in [2.05, 4.69) is 0 Å². The first-order valence-corrected chi connectivity index (χ1v) is 5.54. The Labute approximate surface area is 112 Å². The minimum absolute atomic E-state index is 0.0906. The van der Waals surface area contributed by atoms with Crippen molar-refractivity contribution in [2.45, 2.75) is 18.9 Å². The highest BCUT2D eigenvalue weighted by atomic mass is 19.1. The summed E-state index contributed by atoms with van der Waals surface area (Å²) in [6, 6.07) is 1.18. The largest absolute Gasteiger partial charge is 0.480 e. The van der Waals surface area contributed by atoms with Gasteiger partial charge in [0.1, 0.15) is 17.7 Å². The zero-order valence-electron chi connectivity index (χ0n) is 10.2. The van der Waals surface area contributed by atoms with E-state index in [1.165, 1.54) is 0 Å². The molecule has 4 N–H and O–H groups in total. The van der Waals surface area contributed by atoms with Gasteiger partial charge >= 0.3 is 5.97 Å². The SMILES string of the molecule is NC(=O)CC(NC(=O)Cc1ccc(F)cc1F)C(=O)O. The van der Waals surface area contributed by atoms with Gasteiger partial charge < -0.3 is 16.2 Å². The molecule has 0 heterocycles. The van der Waals surface area contributed by atoms with Gasteiger partial charge in [0.05, 0.1) is 12.8 Å². The molecule has 0 saturated heterocycles. The van der Waals surface area contributed by atoms with Crippen LogP contribution in [-0.4, -0.2) is 28.9 Å². The zero-order chi connectivity index (χ0) is 15.3. The van der Waals surface area contributed by atoms with Crippen molar-refractivity contribution in [3.8, 4) is 0 Å². The van der Waals surface area contributed by atoms with Crippen molar-refractivity contribution in [2.24, 2.45) is 5.73 Å². The second-order valence-corrected chi connectivity index (χ2v) is 4.04. The van der Waals surface area contributed by atoms with Gasteiger partial charge in [-0.05, 0) is 11.6 Å². The van der Waals surface area contributed by atoms with Gasteiger partial charge in [-0.15, -0.1) is 0 Å². The molecule has 0 saturated carbocycles. The number of carbonyl (C=O) groups is 3. The van der Waals surface area contributed by atoms with Gasteiger partial charge in [0, 0.05) is 6.07 Å². The van der Waals surface area contributed by atoms with Crippen LogP contribution in [0.3, 0.4) is 0 Å². The Bertz CT molecular complexity index is 548. The highest BCUT2D eigenvalue weighted by Crippen LogP contribution is 2.10. The van der Waals surface area contributed by atoms with Gasteiger partial charge in [-0.2, -0.15) is 0 Å². The maximum Gasteiger partial charge on any atom is 0.326 e. The van der Waals surface area contributed by atoms with Crippen molar-refractivity contribution in [1.29, 1.82) is 0 Å². The number of carboxylic acid groups (broad SMARTS) is 1. The molecular formula is C12H12F2N2O4. The summed E-state index contributed by atoms with van der Waals surface area (Å²) in [6.45, 7) is 0. The second kappa shape index (κ2) is 6.60. The first-order valence-electron chi connectivity index (χ1n) is 5.54. The Morgan fingerprint density at radius 2 is 1.95 bits per heavy atom. The molecule has 1 rings (SSSR count). The fourth-order valence-electron chi connectivity index (χ4n) is 1.48. The molecule has 0 aromatic heterocycles. The molecule has 20 heavy (non-hydrogen) atoms. The van der Waals surface area contributed by atoms with Crippen LogP contribution in [0.1, 0.15) is 12.0 Å². The number of rotatable bonds is 6. The topological polar surface area (TPSA) is 109 Å². The summed E-state index contributed by atoms with van der Waals surface area (Å²) in [7, 11) is 0. The molecule has 0 radical (unpaired) electrons. The van der Waals surface area contributed by atoms with Gasteiger partial charge in [0.15, 0.2) is 0 Å². The van der Waals surface area contributed by atoms with Crippen LogP contribution in [0.15, 0.2) is 18.2 Å². The van der Waals surface area contributed by atoms with Crippen LogP contribution in [0.25, 0.3) is 0 Å². The fraction of sp³-hybridized carbons (Fsp3) is 0.250. The summed E-state index contributed by atoms with van der Waals surface area (Å²) in [5.74, 6) is -4.85. The first kappa shape index (κ1) is 15.5. The summed E-state index contributed by atoms with van der Waals surface area (Å²) >= 11 is 0. The molecule has 0 bridgehead atoms. The summed E-state index contributed by atoms with van der Waals surface area (Å²) < 4.78 is 26.0. The molecule has 0 fully saturated rings. The normalized spacial score (nSPS) is 11.7. The number of hydrogen-bond acceptors (Lipinski definition) is 3. The molecule has 1 unspecified atom stereocenters. The van der Waals surface area contributed by atoms with E-state index in [0.717, 1.165) is 12.1 Å². The summed E-state index contributed by atoms with van der Waals surface area (Å²) in [6.07, 6.45) is -1.05. The van der Waals surface area contributed by atoms with E-state index in [9.17, 15) is 23.2 Å². The Hall–Kier alpha value is -2.51. The van der Waals surface area contributed by atoms with E-state index >= 15 is 0 Å². The third kappa shape index (κ3) is 4.63. The quantitative estimate of drug-likeness (QED) is 0.681. The van der Waals surface area contributed by atoms with Gasteiger partial charge in [0.25, 0.3) is 0 Å². The number of benzene rings is 1. The number of aliphatic carboxylic acids is 1.